The molecular formula is C11H15ClF2N2O3S. The average Bonchev–Trinajstić information content (AvgIpc) is 2.28. The van der Waals surface area contributed by atoms with Crippen LogP contribution in [0.15, 0.2) is 23.1 Å². The van der Waals surface area contributed by atoms with E-state index in [-0.39, 0.29) is 22.2 Å². The summed E-state index contributed by atoms with van der Waals surface area (Å²) in [5.41, 5.74) is 4.95. The summed E-state index contributed by atoms with van der Waals surface area (Å²) in [6, 6.07) is 3.22. The Balaban J connectivity index is 2.94. The zero-order valence-corrected chi connectivity index (χ0v) is 12.4. The summed E-state index contributed by atoms with van der Waals surface area (Å²) in [5.74, 6) is -0.292. The number of ether oxygens (including phenoxy) is 1. The van der Waals surface area contributed by atoms with Crippen molar-refractivity contribution in [2.45, 2.75) is 30.9 Å². The molecule has 0 aliphatic heterocycles. The van der Waals surface area contributed by atoms with Crippen LogP contribution in [0.2, 0.25) is 5.02 Å². The molecule has 0 saturated heterocycles. The quantitative estimate of drug-likeness (QED) is 0.836. The van der Waals surface area contributed by atoms with Gasteiger partial charge in [0.05, 0.1) is 9.92 Å². The van der Waals surface area contributed by atoms with Gasteiger partial charge in [-0.15, -0.1) is 0 Å². The summed E-state index contributed by atoms with van der Waals surface area (Å²) in [6.45, 7) is 0.290. The molecule has 0 atom stereocenters. The molecule has 114 valence electrons. The third-order valence-corrected chi connectivity index (χ3v) is 3.84. The van der Waals surface area contributed by atoms with Crippen LogP contribution in [0.4, 0.5) is 8.78 Å². The van der Waals surface area contributed by atoms with Gasteiger partial charge in [-0.05, 0) is 32.0 Å². The molecule has 0 unspecified atom stereocenters. The van der Waals surface area contributed by atoms with Gasteiger partial charge in [0, 0.05) is 12.1 Å². The smallest absolute Gasteiger partial charge is 0.387 e. The van der Waals surface area contributed by atoms with Gasteiger partial charge in [-0.3, -0.25) is 0 Å². The molecule has 0 aromatic heterocycles. The third-order valence-electron chi connectivity index (χ3n) is 2.15. The summed E-state index contributed by atoms with van der Waals surface area (Å²) in [4.78, 5) is -0.159. The molecule has 20 heavy (non-hydrogen) atoms. The summed E-state index contributed by atoms with van der Waals surface area (Å²) in [7, 11) is -3.82. The van der Waals surface area contributed by atoms with Crippen LogP contribution in [0, 0.1) is 0 Å². The monoisotopic (exact) mass is 328 g/mol. The van der Waals surface area contributed by atoms with E-state index in [4.69, 9.17) is 17.3 Å². The van der Waals surface area contributed by atoms with Gasteiger partial charge in [0.25, 0.3) is 0 Å². The van der Waals surface area contributed by atoms with Crippen LogP contribution in [-0.2, 0) is 10.0 Å². The minimum absolute atomic E-state index is 0.0161. The molecule has 0 fully saturated rings. The van der Waals surface area contributed by atoms with E-state index in [0.29, 0.717) is 0 Å². The first-order valence-corrected chi connectivity index (χ1v) is 7.40. The molecule has 1 aromatic rings. The highest BCUT2D eigenvalue weighted by atomic mass is 35.5. The van der Waals surface area contributed by atoms with Crippen LogP contribution in [-0.4, -0.2) is 27.1 Å². The van der Waals surface area contributed by atoms with Crippen LogP contribution < -0.4 is 15.2 Å². The number of sulfonamides is 1. The number of hydrogen-bond acceptors (Lipinski definition) is 4. The highest BCUT2D eigenvalue weighted by Gasteiger charge is 2.20. The molecular weight excluding hydrogens is 314 g/mol. The largest absolute Gasteiger partial charge is 0.433 e. The highest BCUT2D eigenvalue weighted by molar-refractivity contribution is 7.89. The van der Waals surface area contributed by atoms with E-state index in [1.54, 1.807) is 13.8 Å². The van der Waals surface area contributed by atoms with Crippen LogP contribution in [0.1, 0.15) is 13.8 Å². The van der Waals surface area contributed by atoms with Crippen LogP contribution in [0.3, 0.4) is 0 Å². The predicted molar refractivity (Wildman–Crippen MR) is 71.5 cm³/mol. The lowest BCUT2D eigenvalue weighted by molar-refractivity contribution is -0.0498. The second kappa shape index (κ2) is 6.21. The molecule has 5 nitrogen and oxygen atoms in total. The van der Waals surface area contributed by atoms with E-state index in [9.17, 15) is 17.2 Å². The Hall–Kier alpha value is -0.960. The molecule has 0 heterocycles. The molecule has 0 aliphatic carbocycles. The summed E-state index contributed by atoms with van der Waals surface area (Å²) in [6.07, 6.45) is 0. The maximum Gasteiger partial charge on any atom is 0.387 e. The van der Waals surface area contributed by atoms with E-state index in [2.05, 4.69) is 9.46 Å². The van der Waals surface area contributed by atoms with E-state index < -0.39 is 22.2 Å². The first kappa shape index (κ1) is 17.1. The van der Waals surface area contributed by atoms with Gasteiger partial charge in [-0.2, -0.15) is 8.78 Å². The number of nitrogens with two attached hydrogens (primary N) is 1. The van der Waals surface area contributed by atoms with Crippen LogP contribution in [0.5, 0.6) is 5.75 Å². The number of nitrogens with one attached hydrogen (secondary N) is 1. The zero-order chi connectivity index (χ0) is 15.6. The number of halogens is 3. The van der Waals surface area contributed by atoms with Gasteiger partial charge >= 0.3 is 6.61 Å². The summed E-state index contributed by atoms with van der Waals surface area (Å²) in [5, 5.41) is -0.222. The summed E-state index contributed by atoms with van der Waals surface area (Å²) < 4.78 is 54.5. The van der Waals surface area contributed by atoms with Gasteiger partial charge in [-0.25, -0.2) is 13.1 Å². The van der Waals surface area contributed by atoms with E-state index in [1.165, 1.54) is 0 Å². The maximum atomic E-state index is 12.1. The highest BCUT2D eigenvalue weighted by Crippen LogP contribution is 2.28. The molecule has 0 saturated carbocycles. The van der Waals surface area contributed by atoms with Crippen molar-refractivity contribution in [2.75, 3.05) is 6.54 Å². The average molecular weight is 329 g/mol. The fourth-order valence-corrected chi connectivity index (χ4v) is 2.74. The van der Waals surface area contributed by atoms with Gasteiger partial charge in [0.1, 0.15) is 5.75 Å². The van der Waals surface area contributed by atoms with Crippen LogP contribution >= 0.6 is 11.6 Å². The van der Waals surface area contributed by atoms with E-state index >= 15 is 0 Å². The van der Waals surface area contributed by atoms with Gasteiger partial charge in [0.2, 0.25) is 10.0 Å². The van der Waals surface area contributed by atoms with Crippen molar-refractivity contribution >= 4 is 21.6 Å². The Morgan fingerprint density at radius 3 is 2.50 bits per heavy atom. The van der Waals surface area contributed by atoms with Crippen molar-refractivity contribution in [1.82, 2.24) is 4.72 Å². The van der Waals surface area contributed by atoms with Crippen molar-refractivity contribution in [3.05, 3.63) is 23.2 Å². The third kappa shape index (κ3) is 5.20. The second-order valence-corrected chi connectivity index (χ2v) is 6.96. The van der Waals surface area contributed by atoms with Crippen LogP contribution in [0.25, 0.3) is 0 Å². The lowest BCUT2D eigenvalue weighted by Gasteiger charge is -2.19. The van der Waals surface area contributed by atoms with Crippen molar-refractivity contribution in [3.8, 4) is 5.75 Å². The van der Waals surface area contributed by atoms with Gasteiger partial charge in [0.15, 0.2) is 0 Å². The Morgan fingerprint density at radius 2 is 2.05 bits per heavy atom. The fourth-order valence-electron chi connectivity index (χ4n) is 1.20. The topological polar surface area (TPSA) is 81.4 Å². The van der Waals surface area contributed by atoms with Crippen molar-refractivity contribution in [3.63, 3.8) is 0 Å². The molecule has 0 amide bonds. The Kier molecular flexibility index (Phi) is 5.31. The number of rotatable bonds is 6. The molecule has 0 spiro atoms. The Bertz CT molecular complexity index is 574. The predicted octanol–water partition coefficient (Wildman–Crippen LogP) is 1.96. The van der Waals surface area contributed by atoms with Crippen molar-refractivity contribution < 1.29 is 21.9 Å². The SMILES string of the molecule is CC(C)(N)CNS(=O)(=O)c1ccc(OC(F)F)c(Cl)c1. The molecule has 0 radical (unpaired) electrons. The van der Waals surface area contributed by atoms with Crippen molar-refractivity contribution in [2.24, 2.45) is 5.73 Å². The fraction of sp³-hybridized carbons (Fsp3) is 0.455. The minimum Gasteiger partial charge on any atom is -0.433 e. The molecule has 0 bridgehead atoms. The molecule has 9 heteroatoms. The van der Waals surface area contributed by atoms with Gasteiger partial charge in [-0.1, -0.05) is 11.6 Å². The van der Waals surface area contributed by atoms with Crippen molar-refractivity contribution in [1.29, 1.82) is 0 Å². The van der Waals surface area contributed by atoms with E-state index in [0.717, 1.165) is 18.2 Å². The zero-order valence-electron chi connectivity index (χ0n) is 10.9. The first-order chi connectivity index (χ1) is 9.01. The Labute approximate surface area is 121 Å². The molecule has 0 aliphatic rings. The normalized spacial score (nSPS) is 12.8. The second-order valence-electron chi connectivity index (χ2n) is 4.78. The minimum atomic E-state index is -3.82. The standard InChI is InChI=1S/C11H15ClF2N2O3S/c1-11(2,15)6-16-20(17,18)7-3-4-9(8(12)5-7)19-10(13)14/h3-5,10,16H,6,15H2,1-2H3. The summed E-state index contributed by atoms with van der Waals surface area (Å²) >= 11 is 5.69. The molecule has 1 rings (SSSR count). The number of hydrogen-bond donors (Lipinski definition) is 2. The number of benzene rings is 1. The number of alkyl halides is 2. The van der Waals surface area contributed by atoms with Gasteiger partial charge < -0.3 is 10.5 Å². The molecule has 3 N–H and O–H groups in total. The van der Waals surface area contributed by atoms with E-state index in [1.807, 2.05) is 0 Å². The Morgan fingerprint density at radius 1 is 1.45 bits per heavy atom. The lowest BCUT2D eigenvalue weighted by Crippen LogP contribution is -2.45. The maximum absolute atomic E-state index is 12.1. The lowest BCUT2D eigenvalue weighted by atomic mass is 10.1. The molecule has 1 aromatic carbocycles. The first-order valence-electron chi connectivity index (χ1n) is 5.54.